The van der Waals surface area contributed by atoms with Crippen LogP contribution in [0, 0.1) is 0 Å². The minimum absolute atomic E-state index is 0.0995. The smallest absolute Gasteiger partial charge is 0.332 e. The van der Waals surface area contributed by atoms with E-state index in [0.29, 0.717) is 11.0 Å². The van der Waals surface area contributed by atoms with E-state index >= 15 is 0 Å². The van der Waals surface area contributed by atoms with Gasteiger partial charge in [0.1, 0.15) is 0 Å². The number of hydrogen-bond acceptors (Lipinski definition) is 4. The maximum Gasteiger partial charge on any atom is 0.418 e. The molecule has 0 aliphatic rings. The number of amides is 2. The van der Waals surface area contributed by atoms with Gasteiger partial charge in [0.2, 0.25) is 5.91 Å². The fourth-order valence-electron chi connectivity index (χ4n) is 2.97. The first-order valence-corrected chi connectivity index (χ1v) is 9.12. The molecule has 10 heteroatoms. The van der Waals surface area contributed by atoms with Crippen molar-refractivity contribution in [1.82, 2.24) is 19.7 Å². The number of pyridine rings is 1. The van der Waals surface area contributed by atoms with Crippen molar-refractivity contribution in [2.75, 3.05) is 18.9 Å². The van der Waals surface area contributed by atoms with Gasteiger partial charge in [-0.1, -0.05) is 12.1 Å². The van der Waals surface area contributed by atoms with Crippen LogP contribution in [0.3, 0.4) is 0 Å². The Labute approximate surface area is 170 Å². The second-order valence-corrected chi connectivity index (χ2v) is 7.07. The van der Waals surface area contributed by atoms with Crippen molar-refractivity contribution in [2.24, 2.45) is 0 Å². The van der Waals surface area contributed by atoms with Crippen LogP contribution in [0.2, 0.25) is 0 Å². The summed E-state index contributed by atoms with van der Waals surface area (Å²) in [5.74, 6) is -1.23. The molecule has 2 heterocycles. The van der Waals surface area contributed by atoms with Gasteiger partial charge in [0.05, 0.1) is 29.6 Å². The summed E-state index contributed by atoms with van der Waals surface area (Å²) in [6.45, 7) is 3.49. The van der Waals surface area contributed by atoms with Crippen LogP contribution in [0.1, 0.15) is 35.8 Å². The normalized spacial score (nSPS) is 11.7. The van der Waals surface area contributed by atoms with Gasteiger partial charge < -0.3 is 10.2 Å². The Morgan fingerprint density at radius 3 is 2.57 bits per heavy atom. The second kappa shape index (κ2) is 8.13. The van der Waals surface area contributed by atoms with Gasteiger partial charge in [0, 0.05) is 24.7 Å². The van der Waals surface area contributed by atoms with E-state index in [1.807, 2.05) is 13.8 Å². The number of carbonyl (C=O) groups is 2. The Balaban J connectivity index is 1.72. The molecular formula is C20H20F3N5O2. The number of aromatic nitrogens is 3. The zero-order chi connectivity index (χ0) is 22.1. The number of halogens is 3. The van der Waals surface area contributed by atoms with Gasteiger partial charge in [-0.15, -0.1) is 0 Å². The molecule has 2 aromatic heterocycles. The fourth-order valence-corrected chi connectivity index (χ4v) is 2.97. The predicted molar refractivity (Wildman–Crippen MR) is 105 cm³/mol. The molecule has 0 radical (unpaired) electrons. The summed E-state index contributed by atoms with van der Waals surface area (Å²) in [7, 11) is 1.39. The van der Waals surface area contributed by atoms with E-state index in [2.05, 4.69) is 15.4 Å². The minimum Gasteiger partial charge on any atom is -0.332 e. The molecule has 1 aromatic carbocycles. The van der Waals surface area contributed by atoms with Crippen LogP contribution in [0.15, 0.2) is 42.7 Å². The predicted octanol–water partition coefficient (Wildman–Crippen LogP) is 3.74. The number of alkyl halides is 3. The molecule has 0 aliphatic carbocycles. The number of fused-ring (bicyclic) bond motifs is 1. The number of benzene rings is 1. The lowest BCUT2D eigenvalue weighted by Crippen LogP contribution is -2.35. The van der Waals surface area contributed by atoms with Gasteiger partial charge in [-0.05, 0) is 32.0 Å². The highest BCUT2D eigenvalue weighted by atomic mass is 19.4. The molecule has 3 aromatic rings. The van der Waals surface area contributed by atoms with Gasteiger partial charge in [0.15, 0.2) is 5.65 Å². The first-order valence-electron chi connectivity index (χ1n) is 9.12. The van der Waals surface area contributed by atoms with Crippen LogP contribution in [-0.2, 0) is 11.0 Å². The lowest BCUT2D eigenvalue weighted by Gasteiger charge is -2.18. The molecule has 0 fully saturated rings. The van der Waals surface area contributed by atoms with Gasteiger partial charge in [0.25, 0.3) is 5.91 Å². The number of carbonyl (C=O) groups excluding carboxylic acids is 2. The van der Waals surface area contributed by atoms with Crippen molar-refractivity contribution in [2.45, 2.75) is 26.1 Å². The molecule has 0 spiro atoms. The standard InChI is InChI=1S/C20H20F3N5O2/c1-12(2)28-18-13(10-25-28)8-14(9-24-18)19(30)27(3)11-17(29)26-16-7-5-4-6-15(16)20(21,22)23/h4-10,12H,11H2,1-3H3,(H,26,29). The summed E-state index contributed by atoms with van der Waals surface area (Å²) in [6.07, 6.45) is -1.62. The molecule has 3 rings (SSSR count). The number of nitrogens with one attached hydrogen (secondary N) is 1. The van der Waals surface area contributed by atoms with Crippen molar-refractivity contribution in [3.63, 3.8) is 0 Å². The monoisotopic (exact) mass is 419 g/mol. The largest absolute Gasteiger partial charge is 0.418 e. The Morgan fingerprint density at radius 2 is 1.90 bits per heavy atom. The van der Waals surface area contributed by atoms with E-state index in [1.54, 1.807) is 16.9 Å². The fraction of sp³-hybridized carbons (Fsp3) is 0.300. The summed E-state index contributed by atoms with van der Waals surface area (Å²) < 4.78 is 40.9. The van der Waals surface area contributed by atoms with Gasteiger partial charge in [-0.25, -0.2) is 9.67 Å². The molecule has 0 saturated heterocycles. The molecule has 0 atom stereocenters. The maximum atomic E-state index is 13.1. The third kappa shape index (κ3) is 4.42. The molecule has 30 heavy (non-hydrogen) atoms. The first-order chi connectivity index (χ1) is 14.1. The highest BCUT2D eigenvalue weighted by Crippen LogP contribution is 2.34. The minimum atomic E-state index is -4.60. The third-order valence-corrected chi connectivity index (χ3v) is 4.40. The van der Waals surface area contributed by atoms with Crippen LogP contribution < -0.4 is 5.32 Å². The van der Waals surface area contributed by atoms with Crippen LogP contribution >= 0.6 is 0 Å². The van der Waals surface area contributed by atoms with Crippen molar-refractivity contribution < 1.29 is 22.8 Å². The molecule has 0 saturated carbocycles. The molecule has 2 amide bonds. The molecule has 158 valence electrons. The first kappa shape index (κ1) is 21.3. The van der Waals surface area contributed by atoms with Crippen molar-refractivity contribution in [1.29, 1.82) is 0 Å². The van der Waals surface area contributed by atoms with Crippen LogP contribution in [0.25, 0.3) is 11.0 Å². The molecular weight excluding hydrogens is 399 g/mol. The third-order valence-electron chi connectivity index (χ3n) is 4.40. The Hall–Kier alpha value is -3.43. The number of rotatable bonds is 5. The number of anilines is 1. The van der Waals surface area contributed by atoms with Gasteiger partial charge >= 0.3 is 6.18 Å². The summed E-state index contributed by atoms with van der Waals surface area (Å²) in [6, 6.07) is 6.37. The lowest BCUT2D eigenvalue weighted by molar-refractivity contribution is -0.137. The quantitative estimate of drug-likeness (QED) is 0.683. The van der Waals surface area contributed by atoms with Crippen LogP contribution in [-0.4, -0.2) is 45.1 Å². The zero-order valence-corrected chi connectivity index (χ0v) is 16.6. The SMILES string of the molecule is CC(C)n1ncc2cc(C(=O)N(C)CC(=O)Nc3ccccc3C(F)(F)F)cnc21. The lowest BCUT2D eigenvalue weighted by atomic mass is 10.1. The number of para-hydroxylation sites is 1. The second-order valence-electron chi connectivity index (χ2n) is 7.07. The van der Waals surface area contributed by atoms with E-state index in [-0.39, 0.29) is 17.3 Å². The highest BCUT2D eigenvalue weighted by molar-refractivity contribution is 6.00. The zero-order valence-electron chi connectivity index (χ0n) is 16.6. The van der Waals surface area contributed by atoms with E-state index in [1.165, 1.54) is 25.4 Å². The van der Waals surface area contributed by atoms with E-state index in [4.69, 9.17) is 0 Å². The topological polar surface area (TPSA) is 80.1 Å². The molecule has 0 aliphatic heterocycles. The average molecular weight is 419 g/mol. The summed E-state index contributed by atoms with van der Waals surface area (Å²) in [5, 5.41) is 7.13. The van der Waals surface area contributed by atoms with Gasteiger partial charge in [-0.2, -0.15) is 18.3 Å². The summed E-state index contributed by atoms with van der Waals surface area (Å²) in [4.78, 5) is 30.3. The summed E-state index contributed by atoms with van der Waals surface area (Å²) >= 11 is 0. The Morgan fingerprint density at radius 1 is 1.20 bits per heavy atom. The summed E-state index contributed by atoms with van der Waals surface area (Å²) in [5.41, 5.74) is -0.438. The number of hydrogen-bond donors (Lipinski definition) is 1. The van der Waals surface area contributed by atoms with Crippen LogP contribution in [0.5, 0.6) is 0 Å². The molecule has 1 N–H and O–H groups in total. The number of nitrogens with zero attached hydrogens (tertiary/aromatic N) is 4. The average Bonchev–Trinajstić information content (AvgIpc) is 3.10. The van der Waals surface area contributed by atoms with Crippen molar-refractivity contribution >= 4 is 28.5 Å². The van der Waals surface area contributed by atoms with Crippen LogP contribution in [0.4, 0.5) is 18.9 Å². The van der Waals surface area contributed by atoms with E-state index < -0.39 is 30.1 Å². The van der Waals surface area contributed by atoms with Crippen molar-refractivity contribution in [3.8, 4) is 0 Å². The maximum absolute atomic E-state index is 13.1. The van der Waals surface area contributed by atoms with Gasteiger partial charge in [-0.3, -0.25) is 9.59 Å². The molecule has 7 nitrogen and oxygen atoms in total. The number of likely N-dealkylation sites (N-methyl/N-ethyl adjacent to an activating group) is 1. The van der Waals surface area contributed by atoms with E-state index in [0.717, 1.165) is 17.0 Å². The van der Waals surface area contributed by atoms with E-state index in [9.17, 15) is 22.8 Å². The molecule has 0 unspecified atom stereocenters. The molecule has 0 bridgehead atoms. The van der Waals surface area contributed by atoms with Crippen molar-refractivity contribution in [3.05, 3.63) is 53.9 Å². The highest BCUT2D eigenvalue weighted by Gasteiger charge is 2.33. The Bertz CT molecular complexity index is 1090. The Kier molecular flexibility index (Phi) is 5.77.